The lowest BCUT2D eigenvalue weighted by Gasteiger charge is -2.42. The van der Waals surface area contributed by atoms with E-state index in [1.807, 2.05) is 0 Å². The topological polar surface area (TPSA) is 72.6 Å². The third-order valence-corrected chi connectivity index (χ3v) is 6.69. The molecule has 3 fully saturated rings. The van der Waals surface area contributed by atoms with E-state index in [0.29, 0.717) is 5.92 Å². The number of ether oxygens (including phenoxy) is 4. The van der Waals surface area contributed by atoms with Crippen LogP contribution in [0.25, 0.3) is 0 Å². The van der Waals surface area contributed by atoms with Crippen LogP contribution in [-0.2, 0) is 23.7 Å². The summed E-state index contributed by atoms with van der Waals surface area (Å²) in [5.41, 5.74) is 0.807. The molecule has 6 nitrogen and oxygen atoms in total. The van der Waals surface area contributed by atoms with Crippen LogP contribution >= 0.6 is 0 Å². The second kappa shape index (κ2) is 9.04. The summed E-state index contributed by atoms with van der Waals surface area (Å²) in [6.45, 7) is 12.5. The van der Waals surface area contributed by atoms with E-state index < -0.39 is 0 Å². The maximum atomic E-state index is 12.4. The Morgan fingerprint density at radius 2 is 2.07 bits per heavy atom. The third kappa shape index (κ3) is 5.22. The zero-order chi connectivity index (χ0) is 21.2. The highest BCUT2D eigenvalue weighted by molar-refractivity contribution is 5.71. The van der Waals surface area contributed by atoms with E-state index >= 15 is 0 Å². The highest BCUT2D eigenvalue weighted by Crippen LogP contribution is 2.59. The van der Waals surface area contributed by atoms with E-state index in [0.717, 1.165) is 38.8 Å². The monoisotopic (exact) mass is 409 g/mol. The summed E-state index contributed by atoms with van der Waals surface area (Å²) in [5.74, 6) is 0.468. The normalized spacial score (nSPS) is 38.2. The van der Waals surface area contributed by atoms with E-state index in [2.05, 4.69) is 46.0 Å². The molecule has 0 bridgehead atoms. The second-order valence-electron chi connectivity index (χ2n) is 9.77. The first-order valence-corrected chi connectivity index (χ1v) is 11.1. The molecular weight excluding hydrogens is 370 g/mol. The van der Waals surface area contributed by atoms with Gasteiger partial charge < -0.3 is 24.3 Å². The van der Waals surface area contributed by atoms with Crippen LogP contribution in [0.1, 0.15) is 60.3 Å². The highest BCUT2D eigenvalue weighted by atomic mass is 16.6. The molecule has 2 saturated heterocycles. The van der Waals surface area contributed by atoms with Crippen molar-refractivity contribution in [3.63, 3.8) is 0 Å². The molecule has 0 aromatic heterocycles. The van der Waals surface area contributed by atoms with Crippen molar-refractivity contribution in [2.45, 2.75) is 89.8 Å². The molecule has 29 heavy (non-hydrogen) atoms. The number of allylic oxidation sites excluding steroid dienone is 1. The minimum Gasteiger partial charge on any atom is -0.459 e. The van der Waals surface area contributed by atoms with Crippen molar-refractivity contribution in [3.8, 4) is 0 Å². The van der Waals surface area contributed by atoms with Gasteiger partial charge in [0.2, 0.25) is 0 Å². The molecule has 166 valence electrons. The number of hydrogen-bond acceptors (Lipinski definition) is 6. The summed E-state index contributed by atoms with van der Waals surface area (Å²) in [5, 5.41) is 3.18. The largest absolute Gasteiger partial charge is 0.459 e. The number of nitrogens with one attached hydrogen (secondary N) is 1. The molecule has 0 aromatic carbocycles. The summed E-state index contributed by atoms with van der Waals surface area (Å²) in [4.78, 5) is 12.4. The maximum absolute atomic E-state index is 12.4. The zero-order valence-corrected chi connectivity index (χ0v) is 19.0. The SMILES string of the molecule is CO[C@@H]1[C@H](OC(=O)CNCCC(C)C)CC[C@]2(CO2)[C@H]1[C@]1(C)O[C@@H]1CC=C(C)C. The van der Waals surface area contributed by atoms with Gasteiger partial charge in [0.25, 0.3) is 0 Å². The summed E-state index contributed by atoms with van der Waals surface area (Å²) in [6, 6.07) is 0. The predicted octanol–water partition coefficient (Wildman–Crippen LogP) is 3.24. The van der Waals surface area contributed by atoms with Gasteiger partial charge in [-0.25, -0.2) is 0 Å². The number of methoxy groups -OCH3 is 1. The molecule has 1 saturated carbocycles. The van der Waals surface area contributed by atoms with E-state index in [4.69, 9.17) is 18.9 Å². The molecule has 3 rings (SSSR count). The van der Waals surface area contributed by atoms with E-state index in [1.54, 1.807) is 7.11 Å². The van der Waals surface area contributed by atoms with E-state index in [9.17, 15) is 4.79 Å². The minimum atomic E-state index is -0.302. The molecule has 6 atom stereocenters. The van der Waals surface area contributed by atoms with Crippen LogP contribution in [0.2, 0.25) is 0 Å². The molecule has 0 aromatic rings. The fourth-order valence-corrected chi connectivity index (χ4v) is 4.86. The number of carbonyl (C=O) groups excluding carboxylic acids is 1. The molecule has 1 aliphatic carbocycles. The molecule has 2 heterocycles. The van der Waals surface area contributed by atoms with Gasteiger partial charge in [0, 0.05) is 7.11 Å². The highest BCUT2D eigenvalue weighted by Gasteiger charge is 2.72. The number of hydrogen-bond donors (Lipinski definition) is 1. The first-order valence-electron chi connectivity index (χ1n) is 11.1. The molecule has 1 N–H and O–H groups in total. The fraction of sp³-hybridized carbons (Fsp3) is 0.870. The summed E-state index contributed by atoms with van der Waals surface area (Å²) >= 11 is 0. The molecule has 0 amide bonds. The van der Waals surface area contributed by atoms with Crippen molar-refractivity contribution >= 4 is 5.97 Å². The fourth-order valence-electron chi connectivity index (χ4n) is 4.86. The Labute approximate surface area is 175 Å². The van der Waals surface area contributed by atoms with Crippen LogP contribution in [0, 0.1) is 11.8 Å². The van der Waals surface area contributed by atoms with Gasteiger partial charge in [-0.05, 0) is 58.9 Å². The van der Waals surface area contributed by atoms with E-state index in [-0.39, 0.29) is 47.9 Å². The summed E-state index contributed by atoms with van der Waals surface area (Å²) in [6.07, 6.45) is 5.49. The zero-order valence-electron chi connectivity index (χ0n) is 19.0. The van der Waals surface area contributed by atoms with Crippen molar-refractivity contribution in [1.82, 2.24) is 5.32 Å². The minimum absolute atomic E-state index is 0.0658. The van der Waals surface area contributed by atoms with Crippen LogP contribution in [-0.4, -0.2) is 62.3 Å². The number of esters is 1. The summed E-state index contributed by atoms with van der Waals surface area (Å²) in [7, 11) is 1.71. The van der Waals surface area contributed by atoms with Crippen molar-refractivity contribution in [1.29, 1.82) is 0 Å². The Balaban J connectivity index is 1.61. The Hall–Kier alpha value is -0.950. The molecule has 6 heteroatoms. The van der Waals surface area contributed by atoms with Crippen LogP contribution in [0.5, 0.6) is 0 Å². The van der Waals surface area contributed by atoms with Crippen LogP contribution in [0.3, 0.4) is 0 Å². The average Bonchev–Trinajstić information content (AvgIpc) is 3.56. The summed E-state index contributed by atoms with van der Waals surface area (Å²) < 4.78 is 23.9. The molecular formula is C23H39NO5. The van der Waals surface area contributed by atoms with Gasteiger partial charge in [-0.3, -0.25) is 4.79 Å². The second-order valence-corrected chi connectivity index (χ2v) is 9.77. The Morgan fingerprint density at radius 3 is 2.66 bits per heavy atom. The average molecular weight is 410 g/mol. The van der Waals surface area contributed by atoms with Crippen molar-refractivity contribution in [2.24, 2.45) is 11.8 Å². The first-order chi connectivity index (χ1) is 13.7. The Morgan fingerprint density at radius 1 is 1.34 bits per heavy atom. The quantitative estimate of drug-likeness (QED) is 0.258. The van der Waals surface area contributed by atoms with Gasteiger partial charge >= 0.3 is 5.97 Å². The van der Waals surface area contributed by atoms with Gasteiger partial charge in [-0.2, -0.15) is 0 Å². The Bertz CT molecular complexity index is 610. The number of rotatable bonds is 10. The van der Waals surface area contributed by atoms with Gasteiger partial charge in [0.1, 0.15) is 23.4 Å². The lowest BCUT2D eigenvalue weighted by molar-refractivity contribution is -0.170. The molecule has 0 unspecified atom stereocenters. The molecule has 0 radical (unpaired) electrons. The molecule has 3 aliphatic rings. The first kappa shape index (κ1) is 22.7. The molecule has 2 aliphatic heterocycles. The van der Waals surface area contributed by atoms with Crippen LogP contribution in [0.15, 0.2) is 11.6 Å². The van der Waals surface area contributed by atoms with Gasteiger partial charge in [-0.1, -0.05) is 25.5 Å². The lowest BCUT2D eigenvalue weighted by atomic mass is 9.68. The van der Waals surface area contributed by atoms with Gasteiger partial charge in [0.15, 0.2) is 0 Å². The standard InChI is InChI=1S/C23H39NO5/c1-15(2)7-8-18-22(5,29-18)21-20(26-6)17(9-11-23(21)14-27-23)28-19(25)13-24-12-10-16(3)4/h7,16-18,20-21,24H,8-14H2,1-6H3/t17-,18-,20-,21-,22-,23+/m1/s1. The number of epoxide rings is 2. The smallest absolute Gasteiger partial charge is 0.320 e. The van der Waals surface area contributed by atoms with Crippen LogP contribution < -0.4 is 5.32 Å². The lowest BCUT2D eigenvalue weighted by Crippen LogP contribution is -2.56. The van der Waals surface area contributed by atoms with Gasteiger partial charge in [0.05, 0.1) is 25.2 Å². The molecule has 1 spiro atoms. The Kier molecular flexibility index (Phi) is 7.09. The predicted molar refractivity (Wildman–Crippen MR) is 112 cm³/mol. The van der Waals surface area contributed by atoms with Crippen LogP contribution in [0.4, 0.5) is 0 Å². The van der Waals surface area contributed by atoms with E-state index in [1.165, 1.54) is 5.57 Å². The van der Waals surface area contributed by atoms with Crippen molar-refractivity contribution in [3.05, 3.63) is 11.6 Å². The number of carbonyl (C=O) groups is 1. The van der Waals surface area contributed by atoms with Gasteiger partial charge in [-0.15, -0.1) is 0 Å². The van der Waals surface area contributed by atoms with Crippen molar-refractivity contribution in [2.75, 3.05) is 26.8 Å². The van der Waals surface area contributed by atoms with Crippen molar-refractivity contribution < 1.29 is 23.7 Å². The third-order valence-electron chi connectivity index (χ3n) is 6.69. The maximum Gasteiger partial charge on any atom is 0.320 e.